The summed E-state index contributed by atoms with van der Waals surface area (Å²) in [5.41, 5.74) is 0. The van der Waals surface area contributed by atoms with Gasteiger partial charge in [-0.05, 0) is 41.5 Å². The average Bonchev–Trinajstić information content (AvgIpc) is 1.98. The molecule has 0 aromatic carbocycles. The molecule has 106 valence electrons. The Morgan fingerprint density at radius 3 is 1.06 bits per heavy atom. The first-order chi connectivity index (χ1) is 7.19. The lowest BCUT2D eigenvalue weighted by molar-refractivity contribution is -0.00000486. The van der Waals surface area contributed by atoms with Gasteiger partial charge in [-0.2, -0.15) is 0 Å². The van der Waals surface area contributed by atoms with Crippen molar-refractivity contribution in [1.82, 2.24) is 19.9 Å². The molecule has 0 aromatic heterocycles. The molecule has 0 aliphatic carbocycles. The van der Waals surface area contributed by atoms with Crippen LogP contribution in [0, 0.1) is 0 Å². The average molecular weight is 376 g/mol. The van der Waals surface area contributed by atoms with E-state index in [9.17, 15) is 0 Å². The Labute approximate surface area is 125 Å². The van der Waals surface area contributed by atoms with Crippen molar-refractivity contribution in [2.45, 2.75) is 59.7 Å². The zero-order valence-electron chi connectivity index (χ0n) is 12.5. The fourth-order valence-corrected chi connectivity index (χ4v) is 4.74. The minimum atomic E-state index is -1.65. The molecule has 6 heteroatoms. The van der Waals surface area contributed by atoms with E-state index in [-0.39, 0.29) is 24.0 Å². The van der Waals surface area contributed by atoms with Gasteiger partial charge in [0.05, 0.1) is 0 Å². The molecular formula is C11H30IN4P. The molecule has 0 heterocycles. The summed E-state index contributed by atoms with van der Waals surface area (Å²) in [6.07, 6.45) is 0. The maximum absolute atomic E-state index is 3.67. The first kappa shape index (κ1) is 20.3. The van der Waals surface area contributed by atoms with Gasteiger partial charge in [-0.3, -0.25) is 0 Å². The summed E-state index contributed by atoms with van der Waals surface area (Å²) in [5, 5.41) is 11.0. The van der Waals surface area contributed by atoms with Crippen LogP contribution >= 0.6 is 7.87 Å². The van der Waals surface area contributed by atoms with E-state index < -0.39 is 7.87 Å². The van der Waals surface area contributed by atoms with E-state index in [1.54, 1.807) is 0 Å². The van der Waals surface area contributed by atoms with Crippen LogP contribution in [0.2, 0.25) is 0 Å². The molecule has 0 unspecified atom stereocenters. The van der Waals surface area contributed by atoms with Crippen molar-refractivity contribution in [2.24, 2.45) is 0 Å². The van der Waals surface area contributed by atoms with Crippen molar-refractivity contribution in [3.05, 3.63) is 0 Å². The Morgan fingerprint density at radius 1 is 0.706 bits per heavy atom. The molecule has 0 radical (unpaired) electrons. The van der Waals surface area contributed by atoms with Crippen LogP contribution in [0.25, 0.3) is 0 Å². The molecule has 0 atom stereocenters. The number of nitrogens with zero attached hydrogens (tertiary/aromatic N) is 1. The van der Waals surface area contributed by atoms with Crippen LogP contribution in [-0.4, -0.2) is 36.9 Å². The molecule has 0 aliphatic heterocycles. The van der Waals surface area contributed by atoms with E-state index in [1.807, 2.05) is 0 Å². The fourth-order valence-electron chi connectivity index (χ4n) is 1.58. The van der Waals surface area contributed by atoms with Crippen LogP contribution in [0.1, 0.15) is 41.5 Å². The van der Waals surface area contributed by atoms with Crippen molar-refractivity contribution in [1.29, 1.82) is 0 Å². The van der Waals surface area contributed by atoms with Crippen molar-refractivity contribution in [3.8, 4) is 0 Å². The SMILES string of the molecule is CC(C)N[P+](NC(C)C)(NC(C)C)N(C)C.[I-]. The molecular weight excluding hydrogens is 346 g/mol. The second-order valence-corrected chi connectivity index (χ2v) is 8.18. The summed E-state index contributed by atoms with van der Waals surface area (Å²) in [6.45, 7) is 13.1. The zero-order chi connectivity index (χ0) is 12.9. The smallest absolute Gasteiger partial charge is 0.300 e. The van der Waals surface area contributed by atoms with Gasteiger partial charge in [0, 0.05) is 32.2 Å². The summed E-state index contributed by atoms with van der Waals surface area (Å²) in [6, 6.07) is 1.36. The highest BCUT2D eigenvalue weighted by atomic mass is 127. The number of hydrogen-bond acceptors (Lipinski definition) is 4. The lowest BCUT2D eigenvalue weighted by Gasteiger charge is -2.35. The maximum Gasteiger partial charge on any atom is 0.300 e. The van der Waals surface area contributed by atoms with Gasteiger partial charge in [0.25, 0.3) is 0 Å². The molecule has 0 rings (SSSR count). The lowest BCUT2D eigenvalue weighted by Crippen LogP contribution is -3.00. The van der Waals surface area contributed by atoms with Gasteiger partial charge in [-0.15, -0.1) is 19.9 Å². The molecule has 3 N–H and O–H groups in total. The standard InChI is InChI=1S/C11H30N4P.HI/c1-9(2)12-16(15(7)8,13-10(3)4)14-11(5)6;/h9-14H,1-8H3;1H/q+1;/p-1. The summed E-state index contributed by atoms with van der Waals surface area (Å²) < 4.78 is 2.26. The number of nitrogens with one attached hydrogen (secondary N) is 3. The second kappa shape index (κ2) is 8.99. The Bertz CT molecular complexity index is 171. The number of hydrogen-bond donors (Lipinski definition) is 3. The topological polar surface area (TPSA) is 39.3 Å². The van der Waals surface area contributed by atoms with Gasteiger partial charge in [0.15, 0.2) is 0 Å². The van der Waals surface area contributed by atoms with Gasteiger partial charge in [-0.1, -0.05) is 0 Å². The van der Waals surface area contributed by atoms with Crippen molar-refractivity contribution >= 4 is 7.87 Å². The van der Waals surface area contributed by atoms with E-state index in [0.717, 1.165) is 0 Å². The summed E-state index contributed by atoms with van der Waals surface area (Å²) >= 11 is 0. The van der Waals surface area contributed by atoms with Crippen LogP contribution in [0.4, 0.5) is 0 Å². The third-order valence-electron chi connectivity index (χ3n) is 1.94. The Balaban J connectivity index is 0. The highest BCUT2D eigenvalue weighted by molar-refractivity contribution is 7.67. The van der Waals surface area contributed by atoms with Crippen LogP contribution in [-0.2, 0) is 0 Å². The first-order valence-corrected chi connectivity index (χ1v) is 7.84. The molecule has 0 bridgehead atoms. The maximum atomic E-state index is 3.67. The second-order valence-electron chi connectivity index (χ2n) is 5.33. The van der Waals surface area contributed by atoms with Crippen LogP contribution in [0.5, 0.6) is 0 Å². The Kier molecular flexibility index (Phi) is 10.7. The predicted octanol–water partition coefficient (Wildman–Crippen LogP) is -0.776. The third-order valence-corrected chi connectivity index (χ3v) is 5.81. The fraction of sp³-hybridized carbons (Fsp3) is 1.00. The van der Waals surface area contributed by atoms with Gasteiger partial charge < -0.3 is 24.0 Å². The minimum Gasteiger partial charge on any atom is -1.00 e. The van der Waals surface area contributed by atoms with Gasteiger partial charge in [0.1, 0.15) is 0 Å². The molecule has 0 saturated carbocycles. The first-order valence-electron chi connectivity index (χ1n) is 6.10. The Hall–Kier alpha value is 1.00. The molecule has 17 heavy (non-hydrogen) atoms. The number of rotatable bonds is 7. The molecule has 0 aromatic rings. The van der Waals surface area contributed by atoms with Gasteiger partial charge in [-0.25, -0.2) is 0 Å². The molecule has 0 saturated heterocycles. The van der Waals surface area contributed by atoms with E-state index in [2.05, 4.69) is 75.6 Å². The van der Waals surface area contributed by atoms with E-state index in [1.165, 1.54) is 0 Å². The molecule has 4 nitrogen and oxygen atoms in total. The van der Waals surface area contributed by atoms with E-state index in [0.29, 0.717) is 18.1 Å². The quantitative estimate of drug-likeness (QED) is 0.403. The largest absolute Gasteiger partial charge is 1.00 e. The molecule has 0 aliphatic rings. The zero-order valence-corrected chi connectivity index (χ0v) is 15.6. The monoisotopic (exact) mass is 376 g/mol. The van der Waals surface area contributed by atoms with E-state index >= 15 is 0 Å². The minimum absolute atomic E-state index is 0. The van der Waals surface area contributed by atoms with Crippen molar-refractivity contribution < 1.29 is 24.0 Å². The van der Waals surface area contributed by atoms with Crippen molar-refractivity contribution in [2.75, 3.05) is 14.1 Å². The summed E-state index contributed by atoms with van der Waals surface area (Å²) in [7, 11) is 2.58. The highest BCUT2D eigenvalue weighted by Gasteiger charge is 2.43. The molecule has 0 fully saturated rings. The third kappa shape index (κ3) is 7.90. The number of halogens is 1. The summed E-state index contributed by atoms with van der Waals surface area (Å²) in [4.78, 5) is 0. The Morgan fingerprint density at radius 2 is 0.941 bits per heavy atom. The lowest BCUT2D eigenvalue weighted by atomic mass is 10.4. The van der Waals surface area contributed by atoms with Crippen molar-refractivity contribution in [3.63, 3.8) is 0 Å². The van der Waals surface area contributed by atoms with Crippen LogP contribution < -0.4 is 39.2 Å². The molecule has 0 spiro atoms. The predicted molar refractivity (Wildman–Crippen MR) is 75.4 cm³/mol. The normalized spacial score (nSPS) is 12.7. The van der Waals surface area contributed by atoms with Crippen LogP contribution in [0.3, 0.4) is 0 Å². The van der Waals surface area contributed by atoms with Crippen LogP contribution in [0.15, 0.2) is 0 Å². The van der Waals surface area contributed by atoms with E-state index in [4.69, 9.17) is 0 Å². The highest BCUT2D eigenvalue weighted by Crippen LogP contribution is 2.49. The van der Waals surface area contributed by atoms with Gasteiger partial charge >= 0.3 is 7.87 Å². The summed E-state index contributed by atoms with van der Waals surface area (Å²) in [5.74, 6) is 0. The van der Waals surface area contributed by atoms with Gasteiger partial charge in [0.2, 0.25) is 0 Å². The molecule has 0 amide bonds.